The zero-order chi connectivity index (χ0) is 14.7. The number of H-pyrrole nitrogens is 1. The summed E-state index contributed by atoms with van der Waals surface area (Å²) in [6.07, 6.45) is 0.975. The normalized spacial score (nSPS) is 10.2. The van der Waals surface area contributed by atoms with Crippen LogP contribution in [0, 0.1) is 10.1 Å². The van der Waals surface area contributed by atoms with E-state index in [-0.39, 0.29) is 28.5 Å². The molecule has 20 heavy (non-hydrogen) atoms. The number of aromatic nitrogens is 2. The molecule has 10 heteroatoms. The van der Waals surface area contributed by atoms with E-state index in [1.807, 2.05) is 0 Å². The summed E-state index contributed by atoms with van der Waals surface area (Å²) >= 11 is 0.973. The number of nitrogens with one attached hydrogen (secondary N) is 2. The maximum absolute atomic E-state index is 11.9. The summed E-state index contributed by atoms with van der Waals surface area (Å²) in [5.74, 6) is -0.710. The van der Waals surface area contributed by atoms with Gasteiger partial charge in [-0.25, -0.2) is 4.98 Å². The third-order valence-electron chi connectivity index (χ3n) is 2.37. The topological polar surface area (TPSA) is 144 Å². The lowest BCUT2D eigenvalue weighted by atomic mass is 10.2. The molecule has 0 aliphatic heterocycles. The second-order valence-electron chi connectivity index (χ2n) is 3.74. The minimum atomic E-state index is -0.667. The van der Waals surface area contributed by atoms with Gasteiger partial charge in [0.15, 0.2) is 0 Å². The Morgan fingerprint density at radius 3 is 2.95 bits per heavy atom. The first-order valence-electron chi connectivity index (χ1n) is 5.32. The molecule has 0 saturated carbocycles. The molecule has 0 radical (unpaired) electrons. The molecule has 2 aromatic heterocycles. The van der Waals surface area contributed by atoms with E-state index in [0.717, 1.165) is 23.6 Å². The molecule has 0 aliphatic carbocycles. The third kappa shape index (κ3) is 2.98. The minimum absolute atomic E-state index is 0.0830. The van der Waals surface area contributed by atoms with Gasteiger partial charge in [0.1, 0.15) is 12.0 Å². The fourth-order valence-electron chi connectivity index (χ4n) is 1.42. The number of nitro groups is 1. The predicted octanol–water partition coefficient (Wildman–Crippen LogP) is 0.252. The third-order valence-corrected chi connectivity index (χ3v) is 3.09. The Balaban J connectivity index is 2.14. The van der Waals surface area contributed by atoms with Crippen LogP contribution >= 0.6 is 11.3 Å². The number of nitrogens with two attached hydrogens (primary N) is 1. The van der Waals surface area contributed by atoms with Gasteiger partial charge in [0.05, 0.1) is 17.0 Å². The van der Waals surface area contributed by atoms with Gasteiger partial charge in [-0.1, -0.05) is 11.3 Å². The van der Waals surface area contributed by atoms with Crippen molar-refractivity contribution in [2.24, 2.45) is 0 Å². The van der Waals surface area contributed by atoms with E-state index in [9.17, 15) is 19.7 Å². The maximum Gasteiger partial charge on any atom is 0.304 e. The number of hydrogen-bond acceptors (Lipinski definition) is 7. The van der Waals surface area contributed by atoms with Crippen LogP contribution in [0.15, 0.2) is 22.4 Å². The Morgan fingerprint density at radius 2 is 2.35 bits per heavy atom. The van der Waals surface area contributed by atoms with Crippen molar-refractivity contribution < 1.29 is 9.72 Å². The fourth-order valence-corrected chi connectivity index (χ4v) is 2.00. The zero-order valence-electron chi connectivity index (χ0n) is 9.95. The maximum atomic E-state index is 11.9. The molecule has 0 aliphatic rings. The molecule has 104 valence electrons. The molecule has 2 rings (SSSR count). The van der Waals surface area contributed by atoms with E-state index in [2.05, 4.69) is 15.3 Å². The molecule has 0 fully saturated rings. The van der Waals surface area contributed by atoms with Crippen LogP contribution in [0.4, 0.5) is 11.5 Å². The first-order valence-corrected chi connectivity index (χ1v) is 6.20. The van der Waals surface area contributed by atoms with Crippen LogP contribution in [-0.4, -0.2) is 20.8 Å². The molecule has 9 nitrogen and oxygen atoms in total. The summed E-state index contributed by atoms with van der Waals surface area (Å²) in [6.45, 7) is 0.0830. The average Bonchev–Trinajstić information content (AvgIpc) is 2.82. The molecule has 2 aromatic rings. The zero-order valence-corrected chi connectivity index (χ0v) is 10.8. The first-order chi connectivity index (χ1) is 9.47. The number of rotatable bonds is 4. The van der Waals surface area contributed by atoms with Crippen molar-refractivity contribution in [3.8, 4) is 0 Å². The van der Waals surface area contributed by atoms with Gasteiger partial charge in [-0.05, 0) is 0 Å². The lowest BCUT2D eigenvalue weighted by molar-refractivity contribution is -0.385. The van der Waals surface area contributed by atoms with Gasteiger partial charge in [0, 0.05) is 17.1 Å². The Bertz CT molecular complexity index is 722. The SMILES string of the molecule is Nc1ncc([N+](=O)[O-])cc1C(=O)NCc1csc(=O)[nH]1. The largest absolute Gasteiger partial charge is 0.383 e. The van der Waals surface area contributed by atoms with E-state index in [0.29, 0.717) is 5.69 Å². The van der Waals surface area contributed by atoms with Crippen LogP contribution in [0.3, 0.4) is 0 Å². The van der Waals surface area contributed by atoms with Gasteiger partial charge in [-0.2, -0.15) is 0 Å². The summed E-state index contributed by atoms with van der Waals surface area (Å²) < 4.78 is 0. The van der Waals surface area contributed by atoms with Crippen molar-refractivity contribution in [1.82, 2.24) is 15.3 Å². The Hall–Kier alpha value is -2.75. The van der Waals surface area contributed by atoms with Gasteiger partial charge in [0.25, 0.3) is 11.6 Å². The molecule has 2 heterocycles. The van der Waals surface area contributed by atoms with E-state index in [1.54, 1.807) is 5.38 Å². The van der Waals surface area contributed by atoms with Crippen LogP contribution in [0.1, 0.15) is 16.1 Å². The van der Waals surface area contributed by atoms with Crippen LogP contribution < -0.4 is 15.9 Å². The van der Waals surface area contributed by atoms with E-state index in [4.69, 9.17) is 5.73 Å². The molecule has 0 unspecified atom stereocenters. The van der Waals surface area contributed by atoms with Crippen LogP contribution in [0.5, 0.6) is 0 Å². The average molecular weight is 295 g/mol. The van der Waals surface area contributed by atoms with Crippen LogP contribution in [0.25, 0.3) is 0 Å². The van der Waals surface area contributed by atoms with Gasteiger partial charge in [-0.3, -0.25) is 19.7 Å². The summed E-state index contributed by atoms with van der Waals surface area (Å²) in [6, 6.07) is 1.05. The number of aromatic amines is 1. The van der Waals surface area contributed by atoms with Crippen molar-refractivity contribution in [1.29, 1.82) is 0 Å². The number of carbonyl (C=O) groups is 1. The van der Waals surface area contributed by atoms with Gasteiger partial charge in [-0.15, -0.1) is 0 Å². The minimum Gasteiger partial charge on any atom is -0.383 e. The first kappa shape index (κ1) is 13.7. The molecule has 0 aromatic carbocycles. The summed E-state index contributed by atoms with van der Waals surface area (Å²) in [4.78, 5) is 38.6. The number of amides is 1. The van der Waals surface area contributed by atoms with Crippen molar-refractivity contribution in [3.63, 3.8) is 0 Å². The molecule has 0 spiro atoms. The Kier molecular flexibility index (Phi) is 3.75. The molecule has 0 bridgehead atoms. The standard InChI is InChI=1S/C10H9N5O4S/c11-8-7(1-6(3-12-8)15(18)19)9(16)13-2-5-4-20-10(17)14-5/h1,3-4H,2H2,(H2,11,12)(H,13,16)(H,14,17). The van der Waals surface area contributed by atoms with E-state index in [1.165, 1.54) is 0 Å². The Morgan fingerprint density at radius 1 is 1.60 bits per heavy atom. The fraction of sp³-hybridized carbons (Fsp3) is 0.100. The highest BCUT2D eigenvalue weighted by Gasteiger charge is 2.16. The number of thiazole rings is 1. The molecular weight excluding hydrogens is 286 g/mol. The van der Waals surface area contributed by atoms with E-state index >= 15 is 0 Å². The summed E-state index contributed by atoms with van der Waals surface area (Å²) in [7, 11) is 0. The lowest BCUT2D eigenvalue weighted by Crippen LogP contribution is -2.24. The monoisotopic (exact) mass is 295 g/mol. The highest BCUT2D eigenvalue weighted by atomic mass is 32.1. The second kappa shape index (κ2) is 5.48. The quantitative estimate of drug-likeness (QED) is 0.544. The smallest absolute Gasteiger partial charge is 0.304 e. The number of nitrogen functional groups attached to an aromatic ring is 1. The van der Waals surface area contributed by atoms with Crippen molar-refractivity contribution in [2.75, 3.05) is 5.73 Å². The van der Waals surface area contributed by atoms with Gasteiger partial charge in [0.2, 0.25) is 0 Å². The Labute approximate surface area is 115 Å². The molecule has 0 atom stereocenters. The number of carbonyl (C=O) groups excluding carboxylic acids is 1. The number of nitrogens with zero attached hydrogens (tertiary/aromatic N) is 2. The van der Waals surface area contributed by atoms with Gasteiger partial charge >= 0.3 is 4.87 Å². The van der Waals surface area contributed by atoms with Crippen molar-refractivity contribution in [3.05, 3.63) is 48.7 Å². The highest BCUT2D eigenvalue weighted by molar-refractivity contribution is 7.07. The summed E-state index contributed by atoms with van der Waals surface area (Å²) in [5.41, 5.74) is 5.63. The van der Waals surface area contributed by atoms with Crippen molar-refractivity contribution in [2.45, 2.75) is 6.54 Å². The van der Waals surface area contributed by atoms with E-state index < -0.39 is 10.8 Å². The van der Waals surface area contributed by atoms with Crippen molar-refractivity contribution >= 4 is 28.7 Å². The number of anilines is 1. The molecule has 0 saturated heterocycles. The predicted molar refractivity (Wildman–Crippen MR) is 71.4 cm³/mol. The van der Waals surface area contributed by atoms with Gasteiger partial charge < -0.3 is 16.0 Å². The highest BCUT2D eigenvalue weighted by Crippen LogP contribution is 2.16. The molecule has 1 amide bonds. The molecular formula is C10H9N5O4S. The second-order valence-corrected chi connectivity index (χ2v) is 4.58. The van der Waals surface area contributed by atoms with Crippen LogP contribution in [0.2, 0.25) is 0 Å². The van der Waals surface area contributed by atoms with Crippen LogP contribution in [-0.2, 0) is 6.54 Å². The lowest BCUT2D eigenvalue weighted by Gasteiger charge is -2.05. The number of pyridine rings is 1. The number of hydrogen-bond donors (Lipinski definition) is 3. The molecule has 4 N–H and O–H groups in total. The summed E-state index contributed by atoms with van der Waals surface area (Å²) in [5, 5.41) is 14.7.